The van der Waals surface area contributed by atoms with E-state index in [4.69, 9.17) is 9.47 Å². The third-order valence-corrected chi connectivity index (χ3v) is 13.9. The molecule has 0 aliphatic heterocycles. The van der Waals surface area contributed by atoms with Gasteiger partial charge in [-0.2, -0.15) is 0 Å². The Bertz CT molecular complexity index is 1420. The maximum atomic E-state index is 9.87. The van der Waals surface area contributed by atoms with Crippen molar-refractivity contribution in [1.82, 2.24) is 0 Å². The maximum absolute atomic E-state index is 10.7. The van der Waals surface area contributed by atoms with Crippen LogP contribution in [0.25, 0.3) is 0 Å². The van der Waals surface area contributed by atoms with Gasteiger partial charge in [0.05, 0.1) is 24.1 Å². The molecule has 64 heavy (non-hydrogen) atoms. The molecule has 0 heterocycles. The number of ether oxygens (including phenoxy) is 2. The van der Waals surface area contributed by atoms with Gasteiger partial charge in [-0.1, -0.05) is 225 Å². The van der Waals surface area contributed by atoms with Crippen molar-refractivity contribution in [2.75, 3.05) is 13.2 Å². The number of halogens is 6. The first kappa shape index (κ1) is 57.7. The average Bonchev–Trinajstić information content (AvgIpc) is 3.26. The Labute approximate surface area is 389 Å². The SMILES string of the molecule is CCCCCCCCCCCCCCCCCCOc1ccc([S+](c2ccccc2)c2ccc(OCCCCCCCCCCCCCCCCCC)cc2)cc1.F[P-](F)(F)(F)(F)F. The summed E-state index contributed by atoms with van der Waals surface area (Å²) in [7, 11) is -10.8. The van der Waals surface area contributed by atoms with Crippen LogP contribution in [-0.4, -0.2) is 13.2 Å². The third-order valence-electron chi connectivity index (χ3n) is 11.6. The molecular weight excluding hydrogens is 858 g/mol. The van der Waals surface area contributed by atoms with Crippen LogP contribution in [0.5, 0.6) is 11.5 Å². The minimum atomic E-state index is -10.7. The molecule has 0 saturated heterocycles. The second-order valence-electron chi connectivity index (χ2n) is 17.8. The van der Waals surface area contributed by atoms with Crippen LogP contribution < -0.4 is 9.47 Å². The summed E-state index contributed by atoms with van der Waals surface area (Å²) in [6.07, 6.45) is 44.6. The standard InChI is InChI=1S/C54H87O2S.F6P/c1-3-5-7-9-11-13-15-17-19-21-23-25-27-29-31-36-48-55-50-40-44-53(45-41-50)57(52-38-34-33-35-39-52)54-46-42-51(43-47-54)56-49-37-32-30-28-26-24-22-20-18-16-14-12-10-8-6-4-2;1-7(2,3,4,5)6/h33-35,38-47H,3-32,36-37,48-49H2,1-2H3;/q+1;-1. The van der Waals surface area contributed by atoms with Crippen LogP contribution in [0.4, 0.5) is 25.2 Å². The zero-order chi connectivity index (χ0) is 46.5. The molecule has 0 bridgehead atoms. The Morgan fingerprint density at radius 1 is 0.312 bits per heavy atom. The summed E-state index contributed by atoms with van der Waals surface area (Å²) in [5.74, 6) is 1.96. The first-order valence-corrected chi connectivity index (χ1v) is 28.8. The van der Waals surface area contributed by atoms with Crippen LogP contribution in [0.3, 0.4) is 0 Å². The normalized spacial score (nSPS) is 12.7. The van der Waals surface area contributed by atoms with Gasteiger partial charge in [0.15, 0.2) is 14.7 Å². The van der Waals surface area contributed by atoms with Gasteiger partial charge in [0.25, 0.3) is 0 Å². The molecule has 368 valence electrons. The molecule has 0 spiro atoms. The summed E-state index contributed by atoms with van der Waals surface area (Å²) < 4.78 is 71.6. The van der Waals surface area contributed by atoms with Gasteiger partial charge in [0.1, 0.15) is 11.5 Å². The van der Waals surface area contributed by atoms with E-state index in [0.717, 1.165) is 37.6 Å². The fourth-order valence-corrected chi connectivity index (χ4v) is 10.1. The average molecular weight is 945 g/mol. The van der Waals surface area contributed by atoms with Gasteiger partial charge in [0.2, 0.25) is 0 Å². The molecule has 0 saturated carbocycles. The molecular formula is C54H87F6O2PS. The van der Waals surface area contributed by atoms with Gasteiger partial charge in [-0.25, -0.2) is 0 Å². The van der Waals surface area contributed by atoms with E-state index in [2.05, 4.69) is 92.7 Å². The Balaban J connectivity index is 0.00000185. The number of unbranched alkanes of at least 4 members (excludes halogenated alkanes) is 30. The number of hydrogen-bond acceptors (Lipinski definition) is 2. The van der Waals surface area contributed by atoms with E-state index in [1.54, 1.807) is 0 Å². The first-order valence-electron chi connectivity index (χ1n) is 25.6. The molecule has 0 amide bonds. The Morgan fingerprint density at radius 3 is 0.781 bits per heavy atom. The molecule has 3 aromatic carbocycles. The van der Waals surface area contributed by atoms with Crippen molar-refractivity contribution >= 4 is 18.7 Å². The van der Waals surface area contributed by atoms with Crippen LogP contribution in [-0.2, 0) is 10.9 Å². The van der Waals surface area contributed by atoms with Gasteiger partial charge >= 0.3 is 33.0 Å². The van der Waals surface area contributed by atoms with Gasteiger partial charge in [-0.3, -0.25) is 0 Å². The predicted molar refractivity (Wildman–Crippen MR) is 265 cm³/mol. The molecule has 0 radical (unpaired) electrons. The van der Waals surface area contributed by atoms with Crippen LogP contribution in [0.15, 0.2) is 93.5 Å². The van der Waals surface area contributed by atoms with E-state index in [0.29, 0.717) is 0 Å². The van der Waals surface area contributed by atoms with E-state index in [1.165, 1.54) is 207 Å². The Hall–Kier alpha value is -2.38. The van der Waals surface area contributed by atoms with Crippen LogP contribution in [0, 0.1) is 0 Å². The van der Waals surface area contributed by atoms with Gasteiger partial charge < -0.3 is 9.47 Å². The molecule has 3 aromatic rings. The fourth-order valence-electron chi connectivity index (χ4n) is 7.99. The van der Waals surface area contributed by atoms with E-state index in [-0.39, 0.29) is 10.9 Å². The monoisotopic (exact) mass is 945 g/mol. The zero-order valence-corrected chi connectivity index (χ0v) is 41.7. The van der Waals surface area contributed by atoms with Crippen molar-refractivity contribution in [3.63, 3.8) is 0 Å². The topological polar surface area (TPSA) is 18.5 Å². The first-order chi connectivity index (χ1) is 30.8. The van der Waals surface area contributed by atoms with Gasteiger partial charge in [-0.15, -0.1) is 0 Å². The second kappa shape index (κ2) is 34.0. The quantitative estimate of drug-likeness (QED) is 0.0246. The number of hydrogen-bond donors (Lipinski definition) is 0. The molecule has 0 unspecified atom stereocenters. The van der Waals surface area contributed by atoms with Crippen LogP contribution >= 0.6 is 7.81 Å². The van der Waals surface area contributed by atoms with Crippen molar-refractivity contribution < 1.29 is 34.7 Å². The van der Waals surface area contributed by atoms with Crippen molar-refractivity contribution in [3.05, 3.63) is 78.9 Å². The zero-order valence-electron chi connectivity index (χ0n) is 40.0. The Kier molecular flexibility index (Phi) is 30.7. The van der Waals surface area contributed by atoms with Crippen LogP contribution in [0.2, 0.25) is 0 Å². The fraction of sp³-hybridized carbons (Fsp3) is 0.667. The van der Waals surface area contributed by atoms with Crippen molar-refractivity contribution in [2.45, 2.75) is 234 Å². The molecule has 0 fully saturated rings. The van der Waals surface area contributed by atoms with E-state index in [1.807, 2.05) is 0 Å². The molecule has 0 aliphatic carbocycles. The third kappa shape index (κ3) is 35.8. The summed E-state index contributed by atoms with van der Waals surface area (Å²) >= 11 is 0. The summed E-state index contributed by atoms with van der Waals surface area (Å²) in [6.45, 7) is 6.22. The number of benzene rings is 3. The number of rotatable bonds is 39. The molecule has 10 heteroatoms. The van der Waals surface area contributed by atoms with Crippen LogP contribution in [0.1, 0.15) is 219 Å². The molecule has 0 aliphatic rings. The van der Waals surface area contributed by atoms with Crippen molar-refractivity contribution in [1.29, 1.82) is 0 Å². The minimum absolute atomic E-state index is 0.179. The van der Waals surface area contributed by atoms with Gasteiger partial charge in [-0.05, 0) is 73.5 Å². The van der Waals surface area contributed by atoms with E-state index in [9.17, 15) is 25.2 Å². The van der Waals surface area contributed by atoms with E-state index >= 15 is 0 Å². The molecule has 0 N–H and O–H groups in total. The summed E-state index contributed by atoms with van der Waals surface area (Å²) in [5.41, 5.74) is 0. The molecule has 3 rings (SSSR count). The summed E-state index contributed by atoms with van der Waals surface area (Å²) in [4.78, 5) is 3.97. The molecule has 0 aromatic heterocycles. The molecule has 0 atom stereocenters. The second-order valence-corrected chi connectivity index (χ2v) is 21.8. The summed E-state index contributed by atoms with van der Waals surface area (Å²) in [6, 6.07) is 28.7. The van der Waals surface area contributed by atoms with Crippen molar-refractivity contribution in [2.24, 2.45) is 0 Å². The molecule has 2 nitrogen and oxygen atoms in total. The summed E-state index contributed by atoms with van der Waals surface area (Å²) in [5, 5.41) is 0. The van der Waals surface area contributed by atoms with Crippen molar-refractivity contribution in [3.8, 4) is 11.5 Å². The van der Waals surface area contributed by atoms with E-state index < -0.39 is 7.81 Å². The predicted octanol–water partition coefficient (Wildman–Crippen LogP) is 21.4. The Morgan fingerprint density at radius 2 is 0.531 bits per heavy atom. The van der Waals surface area contributed by atoms with Gasteiger partial charge in [0, 0.05) is 0 Å².